The Morgan fingerprint density at radius 2 is 1.97 bits per heavy atom. The number of nitrogens with zero attached hydrogens (tertiary/aromatic N) is 1. The summed E-state index contributed by atoms with van der Waals surface area (Å²) >= 11 is 6.42. The maximum atomic E-state index is 11.8. The summed E-state index contributed by atoms with van der Waals surface area (Å²) in [4.78, 5) is 14.3. The minimum Gasteiger partial charge on any atom is -0.492 e. The van der Waals surface area contributed by atoms with Crippen molar-refractivity contribution in [3.63, 3.8) is 0 Å². The maximum Gasteiger partial charge on any atom is 0.305 e. The van der Waals surface area contributed by atoms with Crippen molar-refractivity contribution >= 4 is 17.6 Å². The molecule has 1 spiro atoms. The first kappa shape index (κ1) is 25.8. The molecule has 6 heteroatoms. The van der Waals surface area contributed by atoms with Crippen LogP contribution < -0.4 is 9.47 Å². The second-order valence-corrected chi connectivity index (χ2v) is 10.2. The topological polar surface area (TPSA) is 48.0 Å². The molecule has 0 saturated carbocycles. The number of fused-ring (bicyclic) bond motifs is 2. The van der Waals surface area contributed by atoms with Crippen molar-refractivity contribution in [3.05, 3.63) is 58.1 Å². The highest BCUT2D eigenvalue weighted by Crippen LogP contribution is 2.46. The van der Waals surface area contributed by atoms with E-state index in [1.165, 1.54) is 11.1 Å². The van der Waals surface area contributed by atoms with Gasteiger partial charge >= 0.3 is 5.97 Å². The second kappa shape index (κ2) is 12.1. The number of benzene rings is 2. The number of hydrogen-bond donors (Lipinski definition) is 0. The summed E-state index contributed by atoms with van der Waals surface area (Å²) in [7, 11) is 0. The molecular formula is C29H38ClNO4. The van der Waals surface area contributed by atoms with Crippen LogP contribution in [0.25, 0.3) is 0 Å². The summed E-state index contributed by atoms with van der Waals surface area (Å²) < 4.78 is 17.5. The van der Waals surface area contributed by atoms with E-state index in [9.17, 15) is 4.79 Å². The lowest BCUT2D eigenvalue weighted by molar-refractivity contribution is -0.143. The quantitative estimate of drug-likeness (QED) is 0.267. The van der Waals surface area contributed by atoms with Gasteiger partial charge in [-0.15, -0.1) is 0 Å². The molecule has 2 aliphatic heterocycles. The molecule has 0 aliphatic carbocycles. The van der Waals surface area contributed by atoms with Crippen LogP contribution in [0, 0.1) is 0 Å². The number of piperidine rings is 1. The highest BCUT2D eigenvalue weighted by molar-refractivity contribution is 6.31. The molecule has 2 heterocycles. The Morgan fingerprint density at radius 1 is 1.14 bits per heavy atom. The number of aryl methyl sites for hydroxylation is 1. The van der Waals surface area contributed by atoms with Gasteiger partial charge < -0.3 is 19.1 Å². The number of rotatable bonds is 11. The molecule has 0 amide bonds. The normalized spacial score (nSPS) is 16.7. The highest BCUT2D eigenvalue weighted by atomic mass is 35.5. The van der Waals surface area contributed by atoms with Crippen LogP contribution in [0.2, 0.25) is 5.02 Å². The molecule has 5 nitrogen and oxygen atoms in total. The molecule has 0 unspecified atom stereocenters. The fraction of sp³-hybridized carbons (Fsp3) is 0.552. The van der Waals surface area contributed by atoms with Crippen molar-refractivity contribution in [2.75, 3.05) is 32.8 Å². The summed E-state index contributed by atoms with van der Waals surface area (Å²) in [6, 6.07) is 12.3. The van der Waals surface area contributed by atoms with E-state index >= 15 is 0 Å². The Kier molecular flexibility index (Phi) is 8.96. The van der Waals surface area contributed by atoms with Crippen molar-refractivity contribution in [1.82, 2.24) is 4.90 Å². The zero-order valence-corrected chi connectivity index (χ0v) is 21.9. The number of unbranched alkanes of at least 4 members (excludes halogenated alkanes) is 1. The van der Waals surface area contributed by atoms with E-state index in [1.807, 2.05) is 18.2 Å². The van der Waals surface area contributed by atoms with Crippen LogP contribution in [0.3, 0.4) is 0 Å². The number of esters is 1. The molecule has 35 heavy (non-hydrogen) atoms. The SMILES string of the molecule is CCCCOC(=O)CCCN1CCC2(CC1)COc1cc(OCc3c(Cl)cccc3CC)ccc12. The number of ether oxygens (including phenoxy) is 3. The third kappa shape index (κ3) is 6.31. The summed E-state index contributed by atoms with van der Waals surface area (Å²) in [6.07, 6.45) is 6.42. The van der Waals surface area contributed by atoms with Gasteiger partial charge in [0.2, 0.25) is 0 Å². The van der Waals surface area contributed by atoms with Gasteiger partial charge in [-0.05, 0) is 69.4 Å². The maximum absolute atomic E-state index is 11.8. The van der Waals surface area contributed by atoms with Crippen LogP contribution in [-0.2, 0) is 28.0 Å². The summed E-state index contributed by atoms with van der Waals surface area (Å²) in [5, 5.41) is 0.751. The fourth-order valence-corrected chi connectivity index (χ4v) is 5.41. The number of likely N-dealkylation sites (tertiary alicyclic amines) is 1. The molecule has 190 valence electrons. The molecule has 2 aliphatic rings. The van der Waals surface area contributed by atoms with E-state index in [4.69, 9.17) is 25.8 Å². The van der Waals surface area contributed by atoms with E-state index < -0.39 is 0 Å². The predicted molar refractivity (Wildman–Crippen MR) is 140 cm³/mol. The lowest BCUT2D eigenvalue weighted by Gasteiger charge is -2.38. The Morgan fingerprint density at radius 3 is 2.74 bits per heavy atom. The van der Waals surface area contributed by atoms with E-state index in [2.05, 4.69) is 36.9 Å². The van der Waals surface area contributed by atoms with Gasteiger partial charge in [-0.1, -0.05) is 50.1 Å². The molecule has 4 rings (SSSR count). The Balaban J connectivity index is 1.28. The monoisotopic (exact) mass is 499 g/mol. The number of carbonyl (C=O) groups excluding carboxylic acids is 1. The number of halogens is 1. The predicted octanol–water partition coefficient (Wildman–Crippen LogP) is 6.33. The van der Waals surface area contributed by atoms with Crippen LogP contribution in [0.15, 0.2) is 36.4 Å². The molecule has 0 radical (unpaired) electrons. The van der Waals surface area contributed by atoms with Gasteiger partial charge in [0.05, 0.1) is 13.2 Å². The lowest BCUT2D eigenvalue weighted by atomic mass is 9.74. The minimum absolute atomic E-state index is 0.0662. The van der Waals surface area contributed by atoms with Crippen molar-refractivity contribution in [2.24, 2.45) is 0 Å². The van der Waals surface area contributed by atoms with Crippen LogP contribution in [-0.4, -0.2) is 43.7 Å². The molecule has 0 N–H and O–H groups in total. The van der Waals surface area contributed by atoms with Gasteiger partial charge in [0.15, 0.2) is 0 Å². The average Bonchev–Trinajstić information content (AvgIpc) is 3.21. The third-order valence-electron chi connectivity index (χ3n) is 7.44. The first-order valence-corrected chi connectivity index (χ1v) is 13.5. The Labute approximate surface area is 214 Å². The minimum atomic E-state index is -0.0662. The zero-order chi connectivity index (χ0) is 24.7. The lowest BCUT2D eigenvalue weighted by Crippen LogP contribution is -2.43. The zero-order valence-electron chi connectivity index (χ0n) is 21.1. The Hall–Kier alpha value is -2.24. The van der Waals surface area contributed by atoms with Gasteiger partial charge in [0.25, 0.3) is 0 Å². The molecule has 2 aromatic rings. The smallest absolute Gasteiger partial charge is 0.305 e. The van der Waals surface area contributed by atoms with Crippen molar-refractivity contribution in [2.45, 2.75) is 70.8 Å². The summed E-state index contributed by atoms with van der Waals surface area (Å²) in [5.74, 6) is 1.69. The molecule has 1 fully saturated rings. The van der Waals surface area contributed by atoms with Crippen LogP contribution >= 0.6 is 11.6 Å². The van der Waals surface area contributed by atoms with Gasteiger partial charge in [-0.2, -0.15) is 0 Å². The van der Waals surface area contributed by atoms with Gasteiger partial charge in [0, 0.05) is 34.1 Å². The van der Waals surface area contributed by atoms with Gasteiger partial charge in [-0.3, -0.25) is 4.79 Å². The van der Waals surface area contributed by atoms with Crippen LogP contribution in [0.4, 0.5) is 0 Å². The van der Waals surface area contributed by atoms with Gasteiger partial charge in [-0.25, -0.2) is 0 Å². The Bertz CT molecular complexity index is 1000. The van der Waals surface area contributed by atoms with E-state index in [1.54, 1.807) is 0 Å². The van der Waals surface area contributed by atoms with E-state index in [0.29, 0.717) is 19.6 Å². The number of hydrogen-bond acceptors (Lipinski definition) is 5. The van der Waals surface area contributed by atoms with Crippen molar-refractivity contribution in [1.29, 1.82) is 0 Å². The third-order valence-corrected chi connectivity index (χ3v) is 7.79. The molecule has 0 atom stereocenters. The molecule has 0 aromatic heterocycles. The molecular weight excluding hydrogens is 462 g/mol. The first-order valence-electron chi connectivity index (χ1n) is 13.1. The van der Waals surface area contributed by atoms with Crippen molar-refractivity contribution < 1.29 is 19.0 Å². The molecule has 0 bridgehead atoms. The average molecular weight is 500 g/mol. The van der Waals surface area contributed by atoms with Crippen molar-refractivity contribution in [3.8, 4) is 11.5 Å². The molecule has 1 saturated heterocycles. The summed E-state index contributed by atoms with van der Waals surface area (Å²) in [5.41, 5.74) is 3.66. The van der Waals surface area contributed by atoms with E-state index in [0.717, 1.165) is 86.9 Å². The fourth-order valence-electron chi connectivity index (χ4n) is 5.16. The largest absolute Gasteiger partial charge is 0.492 e. The van der Waals surface area contributed by atoms with Crippen LogP contribution in [0.5, 0.6) is 11.5 Å². The van der Waals surface area contributed by atoms with Crippen LogP contribution in [0.1, 0.15) is 69.1 Å². The highest BCUT2D eigenvalue weighted by Gasteiger charge is 2.43. The standard InChI is InChI=1S/C29H38ClNO4/c1-3-5-18-33-28(32)10-7-15-31-16-13-29(14-17-31)21-35-27-19-23(11-12-25(27)29)34-20-24-22(4-2)8-6-9-26(24)30/h6,8-9,11-12,19H,3-5,7,10,13-18,20-21H2,1-2H3. The number of carbonyl (C=O) groups is 1. The van der Waals surface area contributed by atoms with E-state index in [-0.39, 0.29) is 11.4 Å². The first-order chi connectivity index (χ1) is 17.0. The second-order valence-electron chi connectivity index (χ2n) is 9.77. The molecule has 2 aromatic carbocycles. The summed E-state index contributed by atoms with van der Waals surface area (Å²) in [6.45, 7) is 8.96. The van der Waals surface area contributed by atoms with Gasteiger partial charge in [0.1, 0.15) is 18.1 Å².